The molecule has 78 valence electrons. The van der Waals surface area contributed by atoms with E-state index in [9.17, 15) is 10.2 Å². The molecule has 0 saturated carbocycles. The van der Waals surface area contributed by atoms with Crippen molar-refractivity contribution in [2.75, 3.05) is 7.11 Å². The van der Waals surface area contributed by atoms with Gasteiger partial charge in [-0.15, -0.1) is 0 Å². The van der Waals surface area contributed by atoms with E-state index in [4.69, 9.17) is 4.74 Å². The summed E-state index contributed by atoms with van der Waals surface area (Å²) in [5, 5.41) is 19.3. The summed E-state index contributed by atoms with van der Waals surface area (Å²) in [5.74, 6) is 0.478. The van der Waals surface area contributed by atoms with Crippen molar-refractivity contribution in [2.45, 2.75) is 26.9 Å². The highest BCUT2D eigenvalue weighted by Crippen LogP contribution is 2.38. The maximum absolute atomic E-state index is 9.84. The fraction of sp³-hybridized carbons (Fsp3) is 0.455. The van der Waals surface area contributed by atoms with Gasteiger partial charge in [0.15, 0.2) is 11.5 Å². The molecule has 1 aromatic carbocycles. The second-order valence-corrected chi connectivity index (χ2v) is 3.48. The SMILES string of the molecule is COc1c(C)cc(C)c(C(C)O)c1O. The molecule has 1 aromatic rings. The Labute approximate surface area is 84.0 Å². The van der Waals surface area contributed by atoms with Gasteiger partial charge in [0, 0.05) is 5.56 Å². The van der Waals surface area contributed by atoms with Crippen LogP contribution in [0.1, 0.15) is 29.7 Å². The molecule has 0 aliphatic rings. The molecule has 1 rings (SSSR count). The highest BCUT2D eigenvalue weighted by atomic mass is 16.5. The van der Waals surface area contributed by atoms with Crippen molar-refractivity contribution >= 4 is 0 Å². The maximum Gasteiger partial charge on any atom is 0.164 e. The molecule has 3 heteroatoms. The summed E-state index contributed by atoms with van der Waals surface area (Å²) in [6, 6.07) is 1.89. The first-order valence-electron chi connectivity index (χ1n) is 4.54. The third-order valence-corrected chi connectivity index (χ3v) is 2.31. The minimum atomic E-state index is -0.690. The van der Waals surface area contributed by atoms with Gasteiger partial charge in [-0.1, -0.05) is 6.07 Å². The van der Waals surface area contributed by atoms with Crippen molar-refractivity contribution in [2.24, 2.45) is 0 Å². The number of phenolic OH excluding ortho intramolecular Hbond substituents is 1. The molecule has 0 aliphatic carbocycles. The zero-order valence-corrected chi connectivity index (χ0v) is 8.96. The molecule has 3 nitrogen and oxygen atoms in total. The first-order chi connectivity index (χ1) is 6.49. The fourth-order valence-electron chi connectivity index (χ4n) is 1.75. The van der Waals surface area contributed by atoms with Gasteiger partial charge >= 0.3 is 0 Å². The second kappa shape index (κ2) is 3.88. The van der Waals surface area contributed by atoms with Crippen LogP contribution in [0.2, 0.25) is 0 Å². The molecule has 14 heavy (non-hydrogen) atoms. The van der Waals surface area contributed by atoms with Crippen LogP contribution in [-0.2, 0) is 0 Å². The minimum Gasteiger partial charge on any atom is -0.504 e. The van der Waals surface area contributed by atoms with Crippen LogP contribution >= 0.6 is 0 Å². The summed E-state index contributed by atoms with van der Waals surface area (Å²) >= 11 is 0. The average molecular weight is 196 g/mol. The molecule has 0 heterocycles. The molecule has 0 saturated heterocycles. The monoisotopic (exact) mass is 196 g/mol. The molecule has 0 bridgehead atoms. The number of benzene rings is 1. The third kappa shape index (κ3) is 1.68. The summed E-state index contributed by atoms with van der Waals surface area (Å²) in [7, 11) is 1.50. The van der Waals surface area contributed by atoms with E-state index in [0.717, 1.165) is 11.1 Å². The molecule has 0 aliphatic heterocycles. The van der Waals surface area contributed by atoms with E-state index < -0.39 is 6.10 Å². The maximum atomic E-state index is 9.84. The molecule has 0 fully saturated rings. The average Bonchev–Trinajstić information content (AvgIpc) is 2.02. The van der Waals surface area contributed by atoms with Crippen molar-refractivity contribution in [3.63, 3.8) is 0 Å². The van der Waals surface area contributed by atoms with Crippen LogP contribution in [0.4, 0.5) is 0 Å². The van der Waals surface area contributed by atoms with Crippen LogP contribution in [0.5, 0.6) is 11.5 Å². The summed E-state index contributed by atoms with van der Waals surface area (Å²) in [4.78, 5) is 0. The van der Waals surface area contributed by atoms with Gasteiger partial charge in [-0.2, -0.15) is 0 Å². The van der Waals surface area contributed by atoms with Gasteiger partial charge in [-0.25, -0.2) is 0 Å². The van der Waals surface area contributed by atoms with Crippen molar-refractivity contribution in [3.8, 4) is 11.5 Å². The summed E-state index contributed by atoms with van der Waals surface area (Å²) in [6.45, 7) is 5.34. The highest BCUT2D eigenvalue weighted by Gasteiger charge is 2.17. The van der Waals surface area contributed by atoms with E-state index in [1.165, 1.54) is 7.11 Å². The van der Waals surface area contributed by atoms with E-state index in [1.807, 2.05) is 19.9 Å². The highest BCUT2D eigenvalue weighted by molar-refractivity contribution is 5.54. The lowest BCUT2D eigenvalue weighted by Crippen LogP contribution is -1.99. The number of aliphatic hydroxyl groups excluding tert-OH is 1. The molecular weight excluding hydrogens is 180 g/mol. The lowest BCUT2D eigenvalue weighted by molar-refractivity contribution is 0.193. The van der Waals surface area contributed by atoms with Crippen LogP contribution < -0.4 is 4.74 Å². The van der Waals surface area contributed by atoms with E-state index >= 15 is 0 Å². The molecule has 0 aromatic heterocycles. The number of hydrogen-bond acceptors (Lipinski definition) is 3. The molecule has 0 spiro atoms. The van der Waals surface area contributed by atoms with Gasteiger partial charge in [0.05, 0.1) is 13.2 Å². The zero-order chi connectivity index (χ0) is 10.9. The second-order valence-electron chi connectivity index (χ2n) is 3.48. The molecule has 0 amide bonds. The number of hydrogen-bond donors (Lipinski definition) is 2. The van der Waals surface area contributed by atoms with E-state index in [-0.39, 0.29) is 5.75 Å². The van der Waals surface area contributed by atoms with Gasteiger partial charge in [-0.3, -0.25) is 0 Å². The topological polar surface area (TPSA) is 49.7 Å². The first-order valence-corrected chi connectivity index (χ1v) is 4.54. The Bertz CT molecular complexity index is 343. The Kier molecular flexibility index (Phi) is 3.01. The first kappa shape index (κ1) is 10.9. The van der Waals surface area contributed by atoms with Gasteiger partial charge in [0.25, 0.3) is 0 Å². The van der Waals surface area contributed by atoms with Gasteiger partial charge < -0.3 is 14.9 Å². The van der Waals surface area contributed by atoms with E-state index in [2.05, 4.69) is 0 Å². The lowest BCUT2D eigenvalue weighted by atomic mass is 9.99. The lowest BCUT2D eigenvalue weighted by Gasteiger charge is -2.16. The van der Waals surface area contributed by atoms with Crippen LogP contribution in [0.3, 0.4) is 0 Å². The number of ether oxygens (including phenoxy) is 1. The largest absolute Gasteiger partial charge is 0.504 e. The molecule has 1 atom stereocenters. The number of aryl methyl sites for hydroxylation is 2. The Morgan fingerprint density at radius 2 is 1.86 bits per heavy atom. The Morgan fingerprint density at radius 3 is 2.29 bits per heavy atom. The number of phenols is 1. The number of methoxy groups -OCH3 is 1. The Balaban J connectivity index is 3.44. The summed E-state index contributed by atoms with van der Waals surface area (Å²) < 4.78 is 5.06. The number of aliphatic hydroxyl groups is 1. The standard InChI is InChI=1S/C11H16O3/c1-6-5-7(2)11(14-4)10(13)9(6)8(3)12/h5,8,12-13H,1-4H3. The van der Waals surface area contributed by atoms with Crippen molar-refractivity contribution in [3.05, 3.63) is 22.8 Å². The van der Waals surface area contributed by atoms with Crippen molar-refractivity contribution < 1.29 is 14.9 Å². The number of rotatable bonds is 2. The van der Waals surface area contributed by atoms with Crippen LogP contribution in [0.25, 0.3) is 0 Å². The normalized spacial score (nSPS) is 12.6. The smallest absolute Gasteiger partial charge is 0.164 e. The Morgan fingerprint density at radius 1 is 1.29 bits per heavy atom. The van der Waals surface area contributed by atoms with E-state index in [1.54, 1.807) is 6.92 Å². The van der Waals surface area contributed by atoms with Crippen molar-refractivity contribution in [1.29, 1.82) is 0 Å². The van der Waals surface area contributed by atoms with Crippen LogP contribution in [0.15, 0.2) is 6.07 Å². The van der Waals surface area contributed by atoms with Crippen LogP contribution in [-0.4, -0.2) is 17.3 Å². The quantitative estimate of drug-likeness (QED) is 0.761. The third-order valence-electron chi connectivity index (χ3n) is 2.31. The Hall–Kier alpha value is -1.22. The van der Waals surface area contributed by atoms with Gasteiger partial charge in [0.2, 0.25) is 0 Å². The van der Waals surface area contributed by atoms with Gasteiger partial charge in [0.1, 0.15) is 0 Å². The van der Waals surface area contributed by atoms with Crippen LogP contribution in [0, 0.1) is 13.8 Å². The fourth-order valence-corrected chi connectivity index (χ4v) is 1.75. The summed E-state index contributed by atoms with van der Waals surface area (Å²) in [6.07, 6.45) is -0.690. The molecule has 1 unspecified atom stereocenters. The predicted molar refractivity (Wildman–Crippen MR) is 54.8 cm³/mol. The zero-order valence-electron chi connectivity index (χ0n) is 8.96. The molecular formula is C11H16O3. The predicted octanol–water partition coefficient (Wildman–Crippen LogP) is 2.07. The molecule has 2 N–H and O–H groups in total. The van der Waals surface area contributed by atoms with Crippen molar-refractivity contribution in [1.82, 2.24) is 0 Å². The van der Waals surface area contributed by atoms with Gasteiger partial charge in [-0.05, 0) is 31.9 Å². The van der Waals surface area contributed by atoms with E-state index in [0.29, 0.717) is 11.3 Å². The molecule has 0 radical (unpaired) electrons. The number of aromatic hydroxyl groups is 1. The minimum absolute atomic E-state index is 0.0417. The summed E-state index contributed by atoms with van der Waals surface area (Å²) in [5.41, 5.74) is 2.27.